The maximum absolute atomic E-state index is 12.7. The van der Waals surface area contributed by atoms with Crippen molar-refractivity contribution in [1.82, 2.24) is 4.90 Å². The van der Waals surface area contributed by atoms with Gasteiger partial charge in [0.25, 0.3) is 0 Å². The maximum Gasteiger partial charge on any atom is 0.241 e. The van der Waals surface area contributed by atoms with Crippen molar-refractivity contribution in [2.24, 2.45) is 5.92 Å². The number of carbonyl (C=O) groups is 1. The lowest BCUT2D eigenvalue weighted by Gasteiger charge is -2.32. The molecule has 3 nitrogen and oxygen atoms in total. The van der Waals surface area contributed by atoms with Crippen LogP contribution in [0.5, 0.6) is 0 Å². The number of piperidine rings is 1. The molecule has 2 aliphatic heterocycles. The van der Waals surface area contributed by atoms with Crippen LogP contribution in [0.25, 0.3) is 0 Å². The number of anilines is 1. The van der Waals surface area contributed by atoms with E-state index in [1.165, 1.54) is 18.4 Å². The second kappa shape index (κ2) is 6.80. The highest BCUT2D eigenvalue weighted by Crippen LogP contribution is 2.32. The van der Waals surface area contributed by atoms with Crippen LogP contribution in [0, 0.1) is 5.92 Å². The summed E-state index contributed by atoms with van der Waals surface area (Å²) in [5, 5.41) is 0. The standard InChI is InChI=1S/C17H24N2O.ClH/c1-13-7-9-18(10-8-13)12-17(20)19-14(2)11-15-5-3-4-6-16(15)19;/h3-6,13-14H,7-12H2,1-2H3;1H. The molecule has 0 spiro atoms. The van der Waals surface area contributed by atoms with Crippen LogP contribution in [0.2, 0.25) is 0 Å². The Morgan fingerprint density at radius 2 is 1.86 bits per heavy atom. The lowest BCUT2D eigenvalue weighted by Crippen LogP contribution is -2.45. The Morgan fingerprint density at radius 3 is 2.57 bits per heavy atom. The predicted octanol–water partition coefficient (Wildman–Crippen LogP) is 3.12. The van der Waals surface area contributed by atoms with E-state index in [0.717, 1.165) is 31.1 Å². The highest BCUT2D eigenvalue weighted by Gasteiger charge is 2.31. The molecule has 116 valence electrons. The Hall–Kier alpha value is -1.06. The fraction of sp³-hybridized carbons (Fsp3) is 0.588. The van der Waals surface area contributed by atoms with Crippen molar-refractivity contribution in [3.63, 3.8) is 0 Å². The van der Waals surface area contributed by atoms with Crippen molar-refractivity contribution in [2.45, 2.75) is 39.2 Å². The van der Waals surface area contributed by atoms with E-state index >= 15 is 0 Å². The summed E-state index contributed by atoms with van der Waals surface area (Å²) in [5.74, 6) is 1.07. The lowest BCUT2D eigenvalue weighted by atomic mass is 9.99. The average molecular weight is 309 g/mol. The number of hydrogen-bond acceptors (Lipinski definition) is 2. The van der Waals surface area contributed by atoms with Gasteiger partial charge in [0, 0.05) is 11.7 Å². The van der Waals surface area contributed by atoms with Crippen molar-refractivity contribution < 1.29 is 4.79 Å². The zero-order chi connectivity index (χ0) is 14.1. The fourth-order valence-electron chi connectivity index (χ4n) is 3.43. The van der Waals surface area contributed by atoms with Gasteiger partial charge < -0.3 is 4.90 Å². The van der Waals surface area contributed by atoms with Crippen LogP contribution in [0.15, 0.2) is 24.3 Å². The number of nitrogens with zero attached hydrogens (tertiary/aromatic N) is 2. The Bertz CT molecular complexity index is 497. The first kappa shape index (κ1) is 16.3. The molecule has 0 aliphatic carbocycles. The van der Waals surface area contributed by atoms with Crippen LogP contribution in [-0.4, -0.2) is 36.5 Å². The summed E-state index contributed by atoms with van der Waals surface area (Å²) in [6.07, 6.45) is 3.43. The minimum absolute atomic E-state index is 0. The number of halogens is 1. The van der Waals surface area contributed by atoms with Gasteiger partial charge in [-0.1, -0.05) is 25.1 Å². The molecule has 0 bridgehead atoms. The van der Waals surface area contributed by atoms with Gasteiger partial charge in [0.05, 0.1) is 6.54 Å². The molecule has 1 fully saturated rings. The number of benzene rings is 1. The van der Waals surface area contributed by atoms with E-state index in [1.54, 1.807) is 0 Å². The molecule has 0 aromatic heterocycles. The van der Waals surface area contributed by atoms with Crippen molar-refractivity contribution in [3.8, 4) is 0 Å². The molecule has 1 saturated heterocycles. The second-order valence-electron chi connectivity index (χ2n) is 6.40. The third-order valence-corrected chi connectivity index (χ3v) is 4.71. The number of fused-ring (bicyclic) bond motifs is 1. The maximum atomic E-state index is 12.7. The average Bonchev–Trinajstić information content (AvgIpc) is 2.77. The number of likely N-dealkylation sites (tertiary alicyclic amines) is 1. The molecule has 2 heterocycles. The molecule has 3 rings (SSSR count). The Balaban J connectivity index is 0.00000161. The van der Waals surface area contributed by atoms with Gasteiger partial charge in [-0.05, 0) is 56.8 Å². The molecular weight excluding hydrogens is 284 g/mol. The van der Waals surface area contributed by atoms with Crippen LogP contribution in [0.3, 0.4) is 0 Å². The highest BCUT2D eigenvalue weighted by atomic mass is 35.5. The molecule has 0 saturated carbocycles. The number of amides is 1. The number of hydrogen-bond donors (Lipinski definition) is 0. The first-order valence-electron chi connectivity index (χ1n) is 7.77. The number of rotatable bonds is 2. The van der Waals surface area contributed by atoms with Crippen molar-refractivity contribution in [1.29, 1.82) is 0 Å². The third kappa shape index (κ3) is 3.41. The topological polar surface area (TPSA) is 23.6 Å². The lowest BCUT2D eigenvalue weighted by molar-refractivity contribution is -0.120. The van der Waals surface area contributed by atoms with Gasteiger partial charge in [-0.2, -0.15) is 0 Å². The van der Waals surface area contributed by atoms with E-state index < -0.39 is 0 Å². The Kier molecular flexibility index (Phi) is 5.28. The zero-order valence-corrected chi connectivity index (χ0v) is 13.7. The second-order valence-corrected chi connectivity index (χ2v) is 6.40. The van der Waals surface area contributed by atoms with Crippen LogP contribution in [0.4, 0.5) is 5.69 Å². The van der Waals surface area contributed by atoms with E-state index in [9.17, 15) is 4.79 Å². The molecule has 1 unspecified atom stereocenters. The minimum atomic E-state index is 0. The number of para-hydroxylation sites is 1. The summed E-state index contributed by atoms with van der Waals surface area (Å²) in [6, 6.07) is 8.60. The van der Waals surface area contributed by atoms with Gasteiger partial charge in [-0.3, -0.25) is 9.69 Å². The molecule has 1 aromatic rings. The van der Waals surface area contributed by atoms with Crippen molar-refractivity contribution in [3.05, 3.63) is 29.8 Å². The van der Waals surface area contributed by atoms with Crippen LogP contribution in [-0.2, 0) is 11.2 Å². The van der Waals surface area contributed by atoms with Gasteiger partial charge >= 0.3 is 0 Å². The number of carbonyl (C=O) groups excluding carboxylic acids is 1. The summed E-state index contributed by atoms with van der Waals surface area (Å²) in [5.41, 5.74) is 2.43. The van der Waals surface area contributed by atoms with E-state index in [-0.39, 0.29) is 18.3 Å². The molecule has 0 radical (unpaired) electrons. The monoisotopic (exact) mass is 308 g/mol. The zero-order valence-electron chi connectivity index (χ0n) is 12.9. The van der Waals surface area contributed by atoms with Gasteiger partial charge in [-0.25, -0.2) is 0 Å². The Labute approximate surface area is 133 Å². The van der Waals surface area contributed by atoms with E-state index in [0.29, 0.717) is 12.6 Å². The molecule has 0 N–H and O–H groups in total. The molecule has 1 amide bonds. The van der Waals surface area contributed by atoms with Gasteiger partial charge in [-0.15, -0.1) is 12.4 Å². The van der Waals surface area contributed by atoms with Crippen LogP contribution < -0.4 is 4.90 Å². The summed E-state index contributed by atoms with van der Waals surface area (Å²) in [4.78, 5) is 17.0. The fourth-order valence-corrected chi connectivity index (χ4v) is 3.43. The largest absolute Gasteiger partial charge is 0.308 e. The first-order chi connectivity index (χ1) is 9.65. The van der Waals surface area contributed by atoms with Crippen LogP contribution in [0.1, 0.15) is 32.3 Å². The molecule has 2 aliphatic rings. The molecular formula is C17H25ClN2O. The van der Waals surface area contributed by atoms with E-state index in [4.69, 9.17) is 0 Å². The molecule has 4 heteroatoms. The van der Waals surface area contributed by atoms with Crippen molar-refractivity contribution in [2.75, 3.05) is 24.5 Å². The van der Waals surface area contributed by atoms with Gasteiger partial charge in [0.15, 0.2) is 0 Å². The third-order valence-electron chi connectivity index (χ3n) is 4.71. The Morgan fingerprint density at radius 1 is 1.19 bits per heavy atom. The summed E-state index contributed by atoms with van der Waals surface area (Å²) in [6.45, 7) is 7.16. The predicted molar refractivity (Wildman–Crippen MR) is 89.2 cm³/mol. The van der Waals surface area contributed by atoms with E-state index in [1.807, 2.05) is 11.0 Å². The quantitative estimate of drug-likeness (QED) is 0.838. The van der Waals surface area contributed by atoms with E-state index in [2.05, 4.69) is 36.9 Å². The highest BCUT2D eigenvalue weighted by molar-refractivity contribution is 5.97. The van der Waals surface area contributed by atoms with Crippen molar-refractivity contribution >= 4 is 24.0 Å². The minimum Gasteiger partial charge on any atom is -0.308 e. The summed E-state index contributed by atoms with van der Waals surface area (Å²) >= 11 is 0. The first-order valence-corrected chi connectivity index (χ1v) is 7.77. The summed E-state index contributed by atoms with van der Waals surface area (Å²) in [7, 11) is 0. The SMILES string of the molecule is CC1CCN(CC(=O)N2c3ccccc3CC2C)CC1.Cl. The van der Waals surface area contributed by atoms with Crippen LogP contribution >= 0.6 is 12.4 Å². The smallest absolute Gasteiger partial charge is 0.241 e. The molecule has 21 heavy (non-hydrogen) atoms. The normalized spacial score (nSPS) is 22.8. The molecule has 1 atom stereocenters. The van der Waals surface area contributed by atoms with Gasteiger partial charge in [0.2, 0.25) is 5.91 Å². The van der Waals surface area contributed by atoms with Gasteiger partial charge in [0.1, 0.15) is 0 Å². The summed E-state index contributed by atoms with van der Waals surface area (Å²) < 4.78 is 0. The molecule has 1 aromatic carbocycles.